The fourth-order valence-corrected chi connectivity index (χ4v) is 4.12. The van der Waals surface area contributed by atoms with Gasteiger partial charge in [-0.3, -0.25) is 4.79 Å². The van der Waals surface area contributed by atoms with Crippen LogP contribution in [0, 0.1) is 5.92 Å². The highest BCUT2D eigenvalue weighted by Gasteiger charge is 2.29. The van der Waals surface area contributed by atoms with Crippen molar-refractivity contribution >= 4 is 40.0 Å². The third-order valence-electron chi connectivity index (χ3n) is 5.54. The van der Waals surface area contributed by atoms with Crippen LogP contribution in [0.15, 0.2) is 36.4 Å². The Morgan fingerprint density at radius 2 is 1.78 bits per heavy atom. The third-order valence-corrected chi connectivity index (χ3v) is 5.83. The lowest BCUT2D eigenvalue weighted by Crippen LogP contribution is -2.41. The Labute approximate surface area is 191 Å². The van der Waals surface area contributed by atoms with Crippen LogP contribution in [0.5, 0.6) is 17.4 Å². The van der Waals surface area contributed by atoms with Gasteiger partial charge in [-0.25, -0.2) is 9.97 Å². The second kappa shape index (κ2) is 9.48. The van der Waals surface area contributed by atoms with Crippen LogP contribution in [0.25, 0.3) is 11.0 Å². The van der Waals surface area contributed by atoms with Crippen LogP contribution >= 0.6 is 11.6 Å². The highest BCUT2D eigenvalue weighted by Crippen LogP contribution is 2.37. The second-order valence-corrected chi connectivity index (χ2v) is 7.91. The number of nitrogens with one attached hydrogen (secondary N) is 1. The number of halogens is 1. The van der Waals surface area contributed by atoms with E-state index in [4.69, 9.17) is 30.8 Å². The van der Waals surface area contributed by atoms with Crippen LogP contribution in [-0.2, 0) is 4.79 Å². The predicted octanol–water partition coefficient (Wildman–Crippen LogP) is 4.16. The van der Waals surface area contributed by atoms with Crippen LogP contribution in [0.3, 0.4) is 0 Å². The number of carbonyl (C=O) groups excluding carboxylic acids is 1. The summed E-state index contributed by atoms with van der Waals surface area (Å²) in [5, 5.41) is 3.38. The van der Waals surface area contributed by atoms with E-state index in [2.05, 4.69) is 15.2 Å². The van der Waals surface area contributed by atoms with Crippen molar-refractivity contribution in [2.24, 2.45) is 5.92 Å². The number of amides is 1. The number of benzene rings is 2. The lowest BCUT2D eigenvalue weighted by Gasteiger charge is -2.33. The first-order valence-corrected chi connectivity index (χ1v) is 10.7. The molecule has 1 aliphatic rings. The first-order valence-electron chi connectivity index (χ1n) is 10.3. The number of methoxy groups -OCH3 is 3. The molecule has 2 heterocycles. The summed E-state index contributed by atoms with van der Waals surface area (Å²) in [5.41, 5.74) is 2.06. The zero-order chi connectivity index (χ0) is 22.7. The van der Waals surface area contributed by atoms with E-state index in [1.165, 1.54) is 14.2 Å². The maximum absolute atomic E-state index is 13.1. The zero-order valence-corrected chi connectivity index (χ0v) is 19.0. The molecule has 0 saturated carbocycles. The molecule has 4 rings (SSSR count). The fourth-order valence-electron chi connectivity index (χ4n) is 3.89. The van der Waals surface area contributed by atoms with E-state index in [0.717, 1.165) is 30.4 Å². The third kappa shape index (κ3) is 4.36. The monoisotopic (exact) mass is 456 g/mol. The molecule has 1 N–H and O–H groups in total. The summed E-state index contributed by atoms with van der Waals surface area (Å²) in [7, 11) is 4.63. The molecule has 8 nitrogen and oxygen atoms in total. The first-order chi connectivity index (χ1) is 15.5. The molecule has 1 fully saturated rings. The van der Waals surface area contributed by atoms with Gasteiger partial charge < -0.3 is 24.4 Å². The van der Waals surface area contributed by atoms with Crippen LogP contribution in [0.4, 0.5) is 11.5 Å². The molecule has 0 aliphatic carbocycles. The summed E-state index contributed by atoms with van der Waals surface area (Å²) in [4.78, 5) is 24.5. The average molecular weight is 457 g/mol. The van der Waals surface area contributed by atoms with Crippen molar-refractivity contribution in [3.63, 3.8) is 0 Å². The molecule has 1 amide bonds. The molecule has 1 aliphatic heterocycles. The van der Waals surface area contributed by atoms with Gasteiger partial charge in [-0.05, 0) is 25.0 Å². The topological polar surface area (TPSA) is 85.8 Å². The van der Waals surface area contributed by atoms with E-state index >= 15 is 0 Å². The van der Waals surface area contributed by atoms with Crippen molar-refractivity contribution in [1.29, 1.82) is 0 Å². The Hall–Kier alpha value is -3.26. The molecular weight excluding hydrogens is 432 g/mol. The maximum atomic E-state index is 13.1. The number of aromatic nitrogens is 2. The summed E-state index contributed by atoms with van der Waals surface area (Å²) in [6.07, 6.45) is 1.61. The molecule has 0 bridgehead atoms. The van der Waals surface area contributed by atoms with Gasteiger partial charge in [0.05, 0.1) is 49.0 Å². The number of para-hydroxylation sites is 2. The molecular formula is C23H25ClN4O4. The molecule has 3 aromatic rings. The quantitative estimate of drug-likeness (QED) is 0.595. The van der Waals surface area contributed by atoms with Gasteiger partial charge in [-0.1, -0.05) is 23.7 Å². The van der Waals surface area contributed by atoms with Crippen molar-refractivity contribution in [3.8, 4) is 17.4 Å². The molecule has 1 atom stereocenters. The molecule has 1 unspecified atom stereocenters. The summed E-state index contributed by atoms with van der Waals surface area (Å²) in [6, 6.07) is 10.9. The van der Waals surface area contributed by atoms with E-state index in [1.807, 2.05) is 24.3 Å². The number of hydrogen-bond donors (Lipinski definition) is 1. The van der Waals surface area contributed by atoms with E-state index < -0.39 is 0 Å². The summed E-state index contributed by atoms with van der Waals surface area (Å²) in [6.45, 7) is 1.27. The SMILES string of the molecule is COc1cc(NC(=O)C2CCCN(c3nc4ccccc4nc3OC)C2)c(OC)cc1Cl. The predicted molar refractivity (Wildman–Crippen MR) is 124 cm³/mol. The average Bonchev–Trinajstić information content (AvgIpc) is 2.83. The molecule has 32 heavy (non-hydrogen) atoms. The van der Waals surface area contributed by atoms with Gasteiger partial charge in [0.1, 0.15) is 11.5 Å². The van der Waals surface area contributed by atoms with Crippen LogP contribution in [0.1, 0.15) is 12.8 Å². The maximum Gasteiger partial charge on any atom is 0.257 e. The number of hydrogen-bond acceptors (Lipinski definition) is 7. The molecule has 1 saturated heterocycles. The normalized spacial score (nSPS) is 16.0. The van der Waals surface area contributed by atoms with Gasteiger partial charge in [0.15, 0.2) is 5.82 Å². The van der Waals surface area contributed by atoms with Gasteiger partial charge in [-0.15, -0.1) is 0 Å². The molecule has 168 valence electrons. The Bertz CT molecular complexity index is 1140. The molecule has 1 aromatic heterocycles. The van der Waals surface area contributed by atoms with Crippen molar-refractivity contribution in [3.05, 3.63) is 41.4 Å². The second-order valence-electron chi connectivity index (χ2n) is 7.51. The number of anilines is 2. The number of nitrogens with zero attached hydrogens (tertiary/aromatic N) is 3. The van der Waals surface area contributed by atoms with E-state index in [0.29, 0.717) is 40.5 Å². The van der Waals surface area contributed by atoms with E-state index in [1.54, 1.807) is 19.2 Å². The highest BCUT2D eigenvalue weighted by atomic mass is 35.5. The summed E-state index contributed by atoms with van der Waals surface area (Å²) >= 11 is 6.17. The van der Waals surface area contributed by atoms with Crippen molar-refractivity contribution < 1.29 is 19.0 Å². The number of ether oxygens (including phenoxy) is 3. The van der Waals surface area contributed by atoms with Crippen molar-refractivity contribution in [2.75, 3.05) is 44.6 Å². The van der Waals surface area contributed by atoms with Gasteiger partial charge in [0.2, 0.25) is 5.91 Å². The van der Waals surface area contributed by atoms with Crippen molar-refractivity contribution in [2.45, 2.75) is 12.8 Å². The van der Waals surface area contributed by atoms with Gasteiger partial charge >= 0.3 is 0 Å². The lowest BCUT2D eigenvalue weighted by atomic mass is 9.97. The molecule has 0 spiro atoms. The van der Waals surface area contributed by atoms with E-state index in [-0.39, 0.29) is 11.8 Å². The lowest BCUT2D eigenvalue weighted by molar-refractivity contribution is -0.120. The van der Waals surface area contributed by atoms with Gasteiger partial charge in [-0.2, -0.15) is 0 Å². The van der Waals surface area contributed by atoms with Gasteiger partial charge in [0, 0.05) is 25.2 Å². The van der Waals surface area contributed by atoms with Gasteiger partial charge in [0.25, 0.3) is 5.88 Å². The molecule has 2 aromatic carbocycles. The smallest absolute Gasteiger partial charge is 0.257 e. The number of fused-ring (bicyclic) bond motifs is 1. The van der Waals surface area contributed by atoms with Crippen molar-refractivity contribution in [1.82, 2.24) is 9.97 Å². The summed E-state index contributed by atoms with van der Waals surface area (Å²) in [5.74, 6) is 1.68. The Kier molecular flexibility index (Phi) is 6.50. The Balaban J connectivity index is 1.56. The van der Waals surface area contributed by atoms with E-state index in [9.17, 15) is 4.79 Å². The highest BCUT2D eigenvalue weighted by molar-refractivity contribution is 6.32. The van der Waals surface area contributed by atoms with Crippen LogP contribution in [-0.4, -0.2) is 50.3 Å². The Morgan fingerprint density at radius 3 is 2.47 bits per heavy atom. The minimum absolute atomic E-state index is 0.106. The summed E-state index contributed by atoms with van der Waals surface area (Å²) < 4.78 is 16.2. The minimum Gasteiger partial charge on any atom is -0.495 e. The number of carbonyl (C=O) groups is 1. The number of rotatable bonds is 6. The molecule has 0 radical (unpaired) electrons. The minimum atomic E-state index is -0.242. The standard InChI is InChI=1S/C23H25ClN4O4/c1-30-19-12-18(20(31-2)11-15(19)24)26-22(29)14-7-6-10-28(13-14)21-23(32-3)27-17-9-5-4-8-16(17)25-21/h4-5,8-9,11-12,14H,6-7,10,13H2,1-3H3,(H,26,29). The largest absolute Gasteiger partial charge is 0.495 e. The zero-order valence-electron chi connectivity index (χ0n) is 18.2. The Morgan fingerprint density at radius 1 is 1.06 bits per heavy atom. The molecule has 9 heteroatoms. The van der Waals surface area contributed by atoms with Crippen LogP contribution in [0.2, 0.25) is 5.02 Å². The number of piperidine rings is 1. The first kappa shape index (κ1) is 22.0. The van der Waals surface area contributed by atoms with Crippen LogP contribution < -0.4 is 24.4 Å². The fraction of sp³-hybridized carbons (Fsp3) is 0.348.